The fraction of sp³-hybridized carbons (Fsp3) is 0.357. The summed E-state index contributed by atoms with van der Waals surface area (Å²) < 4.78 is 13.6. The highest BCUT2D eigenvalue weighted by Gasteiger charge is 2.19. The molecule has 2 aromatic rings. The minimum Gasteiger partial charge on any atom is -0.398 e. The Morgan fingerprint density at radius 3 is 2.68 bits per heavy atom. The molecule has 4 N–H and O–H groups in total. The second-order valence-corrected chi connectivity index (χ2v) is 5.05. The average Bonchev–Trinajstić information content (AvgIpc) is 2.39. The first-order chi connectivity index (χ1) is 9.15. The fourth-order valence-corrected chi connectivity index (χ4v) is 2.63. The molecule has 0 radical (unpaired) electrons. The summed E-state index contributed by atoms with van der Waals surface area (Å²) in [5.41, 5.74) is 12.2. The van der Waals surface area contributed by atoms with Gasteiger partial charge in [-0.3, -0.25) is 0 Å². The summed E-state index contributed by atoms with van der Waals surface area (Å²) in [6.07, 6.45) is 3.59. The van der Waals surface area contributed by atoms with Gasteiger partial charge in [0.1, 0.15) is 11.6 Å². The monoisotopic (exact) mass is 260 g/mol. The standard InChI is InChI=1S/C14H17FN4/c15-9-7-12-11(13(17)8-9)1-4-18-14(12)19-5-2-10(16)3-6-19/h1,4,7-8,10H,2-3,5-6,16-17H2. The van der Waals surface area contributed by atoms with Crippen molar-refractivity contribution in [2.75, 3.05) is 23.7 Å². The molecule has 0 aliphatic carbocycles. The minimum absolute atomic E-state index is 0.257. The van der Waals surface area contributed by atoms with Crippen LogP contribution in [0.3, 0.4) is 0 Å². The third-order valence-electron chi connectivity index (χ3n) is 3.69. The predicted octanol–water partition coefficient (Wildman–Crippen LogP) is 1.88. The summed E-state index contributed by atoms with van der Waals surface area (Å²) in [5, 5.41) is 1.62. The van der Waals surface area contributed by atoms with Gasteiger partial charge in [0.15, 0.2) is 0 Å². The van der Waals surface area contributed by atoms with Crippen LogP contribution in [0.25, 0.3) is 10.8 Å². The summed E-state index contributed by atoms with van der Waals surface area (Å²) in [6.45, 7) is 1.70. The molecule has 1 aromatic carbocycles. The molecule has 0 saturated carbocycles. The van der Waals surface area contributed by atoms with Crippen molar-refractivity contribution in [1.29, 1.82) is 0 Å². The molecule has 0 amide bonds. The number of nitrogens with two attached hydrogens (primary N) is 2. The van der Waals surface area contributed by atoms with Crippen LogP contribution in [0.15, 0.2) is 24.4 Å². The summed E-state index contributed by atoms with van der Waals surface area (Å²) in [6, 6.07) is 4.93. The molecule has 1 aliphatic heterocycles. The van der Waals surface area contributed by atoms with E-state index in [1.165, 1.54) is 12.1 Å². The Kier molecular flexibility index (Phi) is 2.98. The minimum atomic E-state index is -0.326. The zero-order valence-corrected chi connectivity index (χ0v) is 10.6. The third kappa shape index (κ3) is 2.21. The molecule has 1 fully saturated rings. The number of nitrogens with zero attached hydrogens (tertiary/aromatic N) is 2. The van der Waals surface area contributed by atoms with Crippen LogP contribution < -0.4 is 16.4 Å². The van der Waals surface area contributed by atoms with Crippen molar-refractivity contribution in [3.8, 4) is 0 Å². The first-order valence-corrected chi connectivity index (χ1v) is 6.49. The van der Waals surface area contributed by atoms with Gasteiger partial charge in [-0.05, 0) is 31.0 Å². The molecule has 0 unspecified atom stereocenters. The summed E-state index contributed by atoms with van der Waals surface area (Å²) >= 11 is 0. The number of pyridine rings is 1. The SMILES string of the molecule is Nc1cc(F)cc2c(N3CCC(N)CC3)nccc12. The van der Waals surface area contributed by atoms with Crippen LogP contribution in [0, 0.1) is 5.82 Å². The quantitative estimate of drug-likeness (QED) is 0.768. The van der Waals surface area contributed by atoms with E-state index >= 15 is 0 Å². The van der Waals surface area contributed by atoms with Crippen molar-refractivity contribution in [3.05, 3.63) is 30.2 Å². The van der Waals surface area contributed by atoms with Crippen LogP contribution >= 0.6 is 0 Å². The second kappa shape index (κ2) is 4.66. The molecule has 0 bridgehead atoms. The van der Waals surface area contributed by atoms with Crippen LogP contribution in [0.2, 0.25) is 0 Å². The summed E-state index contributed by atoms with van der Waals surface area (Å²) in [5.74, 6) is 0.476. The highest BCUT2D eigenvalue weighted by atomic mass is 19.1. The van der Waals surface area contributed by atoms with Crippen LogP contribution in [0.1, 0.15) is 12.8 Å². The molecule has 3 rings (SSSR count). The topological polar surface area (TPSA) is 68.2 Å². The van der Waals surface area contributed by atoms with Gasteiger partial charge in [-0.1, -0.05) is 0 Å². The number of halogens is 1. The lowest BCUT2D eigenvalue weighted by molar-refractivity contribution is 0.499. The van der Waals surface area contributed by atoms with Crippen molar-refractivity contribution >= 4 is 22.3 Å². The molecule has 5 heteroatoms. The normalized spacial score (nSPS) is 17.1. The van der Waals surface area contributed by atoms with Gasteiger partial charge in [-0.2, -0.15) is 0 Å². The smallest absolute Gasteiger partial charge is 0.136 e. The molecular formula is C14H17FN4. The number of anilines is 2. The lowest BCUT2D eigenvalue weighted by Crippen LogP contribution is -2.40. The third-order valence-corrected chi connectivity index (χ3v) is 3.69. The van der Waals surface area contributed by atoms with E-state index in [0.29, 0.717) is 5.69 Å². The molecule has 4 nitrogen and oxygen atoms in total. The van der Waals surface area contributed by atoms with Crippen molar-refractivity contribution in [2.24, 2.45) is 5.73 Å². The van der Waals surface area contributed by atoms with Gasteiger partial charge in [0, 0.05) is 41.8 Å². The lowest BCUT2D eigenvalue weighted by Gasteiger charge is -2.31. The van der Waals surface area contributed by atoms with Gasteiger partial charge in [0.2, 0.25) is 0 Å². The number of hydrogen-bond donors (Lipinski definition) is 2. The number of benzene rings is 1. The zero-order chi connectivity index (χ0) is 13.4. The maximum Gasteiger partial charge on any atom is 0.136 e. The van der Waals surface area contributed by atoms with Crippen LogP contribution in [0.4, 0.5) is 15.9 Å². The highest BCUT2D eigenvalue weighted by Crippen LogP contribution is 2.30. The van der Waals surface area contributed by atoms with E-state index in [1.54, 1.807) is 6.20 Å². The highest BCUT2D eigenvalue weighted by molar-refractivity contribution is 5.99. The van der Waals surface area contributed by atoms with Crippen molar-refractivity contribution in [2.45, 2.75) is 18.9 Å². The number of hydrogen-bond acceptors (Lipinski definition) is 4. The molecule has 1 aromatic heterocycles. The Labute approximate surface area is 111 Å². The Morgan fingerprint density at radius 1 is 1.21 bits per heavy atom. The molecule has 19 heavy (non-hydrogen) atoms. The molecule has 2 heterocycles. The first kappa shape index (κ1) is 12.2. The van der Waals surface area contributed by atoms with E-state index in [4.69, 9.17) is 11.5 Å². The van der Waals surface area contributed by atoms with Gasteiger partial charge >= 0.3 is 0 Å². The average molecular weight is 260 g/mol. The fourth-order valence-electron chi connectivity index (χ4n) is 2.63. The van der Waals surface area contributed by atoms with Gasteiger partial charge in [-0.25, -0.2) is 9.37 Å². The Hall–Kier alpha value is -1.88. The Morgan fingerprint density at radius 2 is 1.95 bits per heavy atom. The van der Waals surface area contributed by atoms with Crippen molar-refractivity contribution < 1.29 is 4.39 Å². The van der Waals surface area contributed by atoms with E-state index in [9.17, 15) is 4.39 Å². The second-order valence-electron chi connectivity index (χ2n) is 5.05. The Bertz CT molecular complexity index is 606. The first-order valence-electron chi connectivity index (χ1n) is 6.49. The maximum atomic E-state index is 13.6. The van der Waals surface area contributed by atoms with E-state index in [2.05, 4.69) is 9.88 Å². The van der Waals surface area contributed by atoms with Crippen LogP contribution in [0.5, 0.6) is 0 Å². The lowest BCUT2D eigenvalue weighted by atomic mass is 10.0. The molecule has 100 valence electrons. The number of rotatable bonds is 1. The summed E-state index contributed by atoms with van der Waals surface area (Å²) in [7, 11) is 0. The molecule has 1 aliphatic rings. The largest absolute Gasteiger partial charge is 0.398 e. The summed E-state index contributed by atoms with van der Waals surface area (Å²) in [4.78, 5) is 6.56. The number of nitrogen functional groups attached to an aromatic ring is 1. The van der Waals surface area contributed by atoms with E-state index in [1.807, 2.05) is 6.07 Å². The molecular weight excluding hydrogens is 243 g/mol. The van der Waals surface area contributed by atoms with E-state index in [-0.39, 0.29) is 11.9 Å². The molecule has 0 atom stereocenters. The van der Waals surface area contributed by atoms with Crippen molar-refractivity contribution in [1.82, 2.24) is 4.98 Å². The molecule has 1 saturated heterocycles. The number of piperidine rings is 1. The zero-order valence-electron chi connectivity index (χ0n) is 10.6. The Balaban J connectivity index is 2.08. The molecule has 0 spiro atoms. The van der Waals surface area contributed by atoms with Gasteiger partial charge in [-0.15, -0.1) is 0 Å². The van der Waals surface area contributed by atoms with E-state index < -0.39 is 0 Å². The maximum absolute atomic E-state index is 13.6. The van der Waals surface area contributed by atoms with Gasteiger partial charge < -0.3 is 16.4 Å². The van der Waals surface area contributed by atoms with Crippen LogP contribution in [-0.2, 0) is 0 Å². The predicted molar refractivity (Wildman–Crippen MR) is 75.5 cm³/mol. The number of fused-ring (bicyclic) bond motifs is 1. The van der Waals surface area contributed by atoms with E-state index in [0.717, 1.165) is 42.5 Å². The number of aromatic nitrogens is 1. The van der Waals surface area contributed by atoms with Gasteiger partial charge in [0.25, 0.3) is 0 Å². The van der Waals surface area contributed by atoms with Crippen molar-refractivity contribution in [3.63, 3.8) is 0 Å². The van der Waals surface area contributed by atoms with Gasteiger partial charge in [0.05, 0.1) is 0 Å². The van der Waals surface area contributed by atoms with Crippen LogP contribution in [-0.4, -0.2) is 24.1 Å².